The van der Waals surface area contributed by atoms with Gasteiger partial charge in [0.15, 0.2) is 0 Å². The minimum absolute atomic E-state index is 0.137. The first-order chi connectivity index (χ1) is 9.91. The van der Waals surface area contributed by atoms with Gasteiger partial charge >= 0.3 is 0 Å². The Morgan fingerprint density at radius 1 is 1.19 bits per heavy atom. The molecule has 21 heavy (non-hydrogen) atoms. The lowest BCUT2D eigenvalue weighted by atomic mass is 10.0. The summed E-state index contributed by atoms with van der Waals surface area (Å²) in [5.41, 5.74) is 8.63. The maximum Gasteiger partial charge on any atom is 0.256 e. The summed E-state index contributed by atoms with van der Waals surface area (Å²) in [5, 5.41) is 0. The van der Waals surface area contributed by atoms with Crippen molar-refractivity contribution < 1.29 is 9.18 Å². The number of hydrogen-bond donors (Lipinski definition) is 1. The molecule has 1 unspecified atom stereocenters. The molecule has 3 nitrogen and oxygen atoms in total. The van der Waals surface area contributed by atoms with E-state index in [1.807, 2.05) is 26.0 Å². The van der Waals surface area contributed by atoms with Crippen molar-refractivity contribution in [3.63, 3.8) is 0 Å². The molecule has 2 rings (SSSR count). The number of carbonyl (C=O) groups is 1. The topological polar surface area (TPSA) is 46.3 Å². The van der Waals surface area contributed by atoms with E-state index in [4.69, 9.17) is 5.73 Å². The molecule has 2 N–H and O–H groups in total. The lowest BCUT2D eigenvalue weighted by Crippen LogP contribution is -2.30. The van der Waals surface area contributed by atoms with Gasteiger partial charge in [-0.2, -0.15) is 0 Å². The van der Waals surface area contributed by atoms with Crippen LogP contribution in [0, 0.1) is 12.7 Å². The van der Waals surface area contributed by atoms with Gasteiger partial charge in [0.2, 0.25) is 0 Å². The van der Waals surface area contributed by atoms with Gasteiger partial charge in [-0.1, -0.05) is 24.3 Å². The van der Waals surface area contributed by atoms with Crippen molar-refractivity contribution in [2.45, 2.75) is 19.9 Å². The predicted molar refractivity (Wildman–Crippen MR) is 82.5 cm³/mol. The third-order valence-electron chi connectivity index (χ3n) is 3.77. The number of nitrogen functional groups attached to an aromatic ring is 1. The SMILES string of the molecule is Cc1cccc(N)c1C(=O)N(C)C(C)c1ccc(F)cc1. The van der Waals surface area contributed by atoms with Crippen LogP contribution in [0.15, 0.2) is 42.5 Å². The van der Waals surface area contributed by atoms with Crippen LogP contribution >= 0.6 is 0 Å². The van der Waals surface area contributed by atoms with Crippen molar-refractivity contribution in [2.24, 2.45) is 0 Å². The van der Waals surface area contributed by atoms with Crippen molar-refractivity contribution in [1.82, 2.24) is 4.90 Å². The number of carbonyl (C=O) groups excluding carboxylic acids is 1. The number of rotatable bonds is 3. The number of anilines is 1. The molecule has 0 bridgehead atoms. The molecule has 1 amide bonds. The maximum atomic E-state index is 13.0. The Morgan fingerprint density at radius 3 is 2.38 bits per heavy atom. The van der Waals surface area contributed by atoms with Crippen LogP contribution in [0.2, 0.25) is 0 Å². The zero-order chi connectivity index (χ0) is 15.6. The standard InChI is InChI=1S/C17H19FN2O/c1-11-5-4-6-15(19)16(11)17(21)20(3)12(2)13-7-9-14(18)10-8-13/h4-10,12H,19H2,1-3H3. The monoisotopic (exact) mass is 286 g/mol. The van der Waals surface area contributed by atoms with Gasteiger partial charge < -0.3 is 10.6 Å². The van der Waals surface area contributed by atoms with Gasteiger partial charge in [-0.05, 0) is 43.2 Å². The van der Waals surface area contributed by atoms with Crippen LogP contribution < -0.4 is 5.73 Å². The molecule has 0 aliphatic rings. The number of halogens is 1. The fourth-order valence-corrected chi connectivity index (χ4v) is 2.30. The van der Waals surface area contributed by atoms with Crippen LogP contribution in [-0.2, 0) is 0 Å². The normalized spacial score (nSPS) is 12.0. The third-order valence-corrected chi connectivity index (χ3v) is 3.77. The summed E-state index contributed by atoms with van der Waals surface area (Å²) >= 11 is 0. The molecule has 0 spiro atoms. The fourth-order valence-electron chi connectivity index (χ4n) is 2.30. The Labute approximate surface area is 124 Å². The molecule has 0 fully saturated rings. The summed E-state index contributed by atoms with van der Waals surface area (Å²) in [6.45, 7) is 3.76. The second-order valence-corrected chi connectivity index (χ2v) is 5.18. The molecule has 0 aliphatic heterocycles. The summed E-state index contributed by atoms with van der Waals surface area (Å²) < 4.78 is 13.0. The first kappa shape index (κ1) is 15.0. The van der Waals surface area contributed by atoms with Crippen LogP contribution in [0.1, 0.15) is 34.5 Å². The summed E-state index contributed by atoms with van der Waals surface area (Å²) in [6, 6.07) is 11.4. The maximum absolute atomic E-state index is 13.0. The first-order valence-corrected chi connectivity index (χ1v) is 6.79. The number of aryl methyl sites for hydroxylation is 1. The summed E-state index contributed by atoms with van der Waals surface area (Å²) in [5.74, 6) is -0.425. The smallest absolute Gasteiger partial charge is 0.256 e. The van der Waals surface area contributed by atoms with E-state index in [2.05, 4.69) is 0 Å². The Bertz CT molecular complexity index is 632. The zero-order valence-corrected chi connectivity index (χ0v) is 12.4. The summed E-state index contributed by atoms with van der Waals surface area (Å²) in [6.07, 6.45) is 0. The number of amides is 1. The highest BCUT2D eigenvalue weighted by molar-refractivity contribution is 6.00. The minimum atomic E-state index is -0.289. The van der Waals surface area contributed by atoms with Gasteiger partial charge in [0.1, 0.15) is 5.82 Å². The van der Waals surface area contributed by atoms with E-state index in [1.165, 1.54) is 12.1 Å². The molecule has 0 saturated heterocycles. The van der Waals surface area contributed by atoms with Gasteiger partial charge in [-0.3, -0.25) is 4.79 Å². The molecule has 2 aromatic rings. The molecule has 0 heterocycles. The van der Waals surface area contributed by atoms with Crippen molar-refractivity contribution >= 4 is 11.6 Å². The number of nitrogens with zero attached hydrogens (tertiary/aromatic N) is 1. The fraction of sp³-hybridized carbons (Fsp3) is 0.235. The molecule has 1 atom stereocenters. The van der Waals surface area contributed by atoms with E-state index in [0.29, 0.717) is 11.3 Å². The van der Waals surface area contributed by atoms with E-state index < -0.39 is 0 Å². The number of benzene rings is 2. The lowest BCUT2D eigenvalue weighted by Gasteiger charge is -2.26. The number of hydrogen-bond acceptors (Lipinski definition) is 2. The van der Waals surface area contributed by atoms with E-state index in [0.717, 1.165) is 11.1 Å². The second-order valence-electron chi connectivity index (χ2n) is 5.18. The van der Waals surface area contributed by atoms with Crippen molar-refractivity contribution in [3.8, 4) is 0 Å². The van der Waals surface area contributed by atoms with Gasteiger partial charge in [-0.25, -0.2) is 4.39 Å². The predicted octanol–water partition coefficient (Wildman–Crippen LogP) is 3.55. The van der Waals surface area contributed by atoms with Gasteiger partial charge in [0.05, 0.1) is 11.6 Å². The Morgan fingerprint density at radius 2 is 1.81 bits per heavy atom. The molecular weight excluding hydrogens is 267 g/mol. The van der Waals surface area contributed by atoms with Gasteiger partial charge in [-0.15, -0.1) is 0 Å². The molecule has 110 valence electrons. The van der Waals surface area contributed by atoms with Gasteiger partial charge in [0.25, 0.3) is 5.91 Å². The molecule has 2 aromatic carbocycles. The van der Waals surface area contributed by atoms with Gasteiger partial charge in [0, 0.05) is 12.7 Å². The Balaban J connectivity index is 2.28. The summed E-state index contributed by atoms with van der Waals surface area (Å²) in [7, 11) is 1.72. The zero-order valence-electron chi connectivity index (χ0n) is 12.4. The van der Waals surface area contributed by atoms with Crippen molar-refractivity contribution in [3.05, 3.63) is 65.0 Å². The average molecular weight is 286 g/mol. The van der Waals surface area contributed by atoms with Crippen LogP contribution in [-0.4, -0.2) is 17.9 Å². The van der Waals surface area contributed by atoms with Crippen LogP contribution in [0.25, 0.3) is 0 Å². The van der Waals surface area contributed by atoms with E-state index >= 15 is 0 Å². The molecule has 0 aromatic heterocycles. The van der Waals surface area contributed by atoms with E-state index in [9.17, 15) is 9.18 Å². The summed E-state index contributed by atoms with van der Waals surface area (Å²) in [4.78, 5) is 14.3. The molecule has 0 aliphatic carbocycles. The van der Waals surface area contributed by atoms with Crippen molar-refractivity contribution in [1.29, 1.82) is 0 Å². The van der Waals surface area contributed by atoms with E-state index in [1.54, 1.807) is 30.1 Å². The quantitative estimate of drug-likeness (QED) is 0.877. The molecule has 4 heteroatoms. The van der Waals surface area contributed by atoms with E-state index in [-0.39, 0.29) is 17.8 Å². The highest BCUT2D eigenvalue weighted by Gasteiger charge is 2.22. The second kappa shape index (κ2) is 5.95. The van der Waals surface area contributed by atoms with Crippen LogP contribution in [0.4, 0.5) is 10.1 Å². The average Bonchev–Trinajstić information content (AvgIpc) is 2.46. The largest absolute Gasteiger partial charge is 0.398 e. The third kappa shape index (κ3) is 3.05. The first-order valence-electron chi connectivity index (χ1n) is 6.79. The Hall–Kier alpha value is -2.36. The van der Waals surface area contributed by atoms with Crippen LogP contribution in [0.5, 0.6) is 0 Å². The Kier molecular flexibility index (Phi) is 4.26. The molecular formula is C17H19FN2O. The van der Waals surface area contributed by atoms with Crippen molar-refractivity contribution in [2.75, 3.05) is 12.8 Å². The highest BCUT2D eigenvalue weighted by Crippen LogP contribution is 2.24. The molecule has 0 radical (unpaired) electrons. The highest BCUT2D eigenvalue weighted by atomic mass is 19.1. The van der Waals surface area contributed by atoms with Crippen LogP contribution in [0.3, 0.4) is 0 Å². The molecule has 0 saturated carbocycles. The number of nitrogens with two attached hydrogens (primary N) is 1. The minimum Gasteiger partial charge on any atom is -0.398 e. The lowest BCUT2D eigenvalue weighted by molar-refractivity contribution is 0.0743.